The number of rotatable bonds is 8. The van der Waals surface area contributed by atoms with Gasteiger partial charge in [-0.3, -0.25) is 0 Å². The average molecular weight is 302 g/mol. The summed E-state index contributed by atoms with van der Waals surface area (Å²) in [6.45, 7) is 9.77. The monoisotopic (exact) mass is 302 g/mol. The standard InChI is InChI=1S/C15H30N2O4/c1-11(2)20-13(18)12(9-7-8-10-16-6)17-14(19)21-15(3,4)5/h11-12,16H,7-10H2,1-6H3,(H,17,19). The molecule has 0 aromatic heterocycles. The van der Waals surface area contributed by atoms with E-state index in [0.717, 1.165) is 19.4 Å². The fourth-order valence-corrected chi connectivity index (χ4v) is 1.66. The quantitative estimate of drug-likeness (QED) is 0.531. The number of carbonyl (C=O) groups is 2. The maximum atomic E-state index is 12.0. The van der Waals surface area contributed by atoms with Gasteiger partial charge in [0.15, 0.2) is 0 Å². The van der Waals surface area contributed by atoms with Gasteiger partial charge in [-0.15, -0.1) is 0 Å². The molecule has 0 saturated carbocycles. The number of ether oxygens (including phenoxy) is 2. The molecule has 0 aromatic rings. The average Bonchev–Trinajstić information content (AvgIpc) is 2.29. The van der Waals surface area contributed by atoms with E-state index in [9.17, 15) is 9.59 Å². The van der Waals surface area contributed by atoms with Crippen LogP contribution in [0.2, 0.25) is 0 Å². The molecule has 0 saturated heterocycles. The molecule has 0 aliphatic carbocycles. The van der Waals surface area contributed by atoms with Crippen molar-refractivity contribution in [3.63, 3.8) is 0 Å². The Morgan fingerprint density at radius 3 is 2.24 bits per heavy atom. The molecule has 1 unspecified atom stereocenters. The Bertz CT molecular complexity index is 324. The second kappa shape index (κ2) is 9.60. The van der Waals surface area contributed by atoms with Gasteiger partial charge in [0, 0.05) is 0 Å². The summed E-state index contributed by atoms with van der Waals surface area (Å²) in [5.41, 5.74) is -0.595. The van der Waals surface area contributed by atoms with Crippen LogP contribution < -0.4 is 10.6 Å². The first-order chi connectivity index (χ1) is 9.65. The van der Waals surface area contributed by atoms with Gasteiger partial charge < -0.3 is 20.1 Å². The molecule has 0 aromatic carbocycles. The summed E-state index contributed by atoms with van der Waals surface area (Å²) in [5, 5.41) is 5.65. The molecule has 0 aliphatic heterocycles. The van der Waals surface area contributed by atoms with Crippen LogP contribution in [0.15, 0.2) is 0 Å². The first-order valence-electron chi connectivity index (χ1n) is 7.50. The summed E-state index contributed by atoms with van der Waals surface area (Å²) < 4.78 is 10.4. The molecule has 6 nitrogen and oxygen atoms in total. The van der Waals surface area contributed by atoms with Crippen LogP contribution in [-0.2, 0) is 14.3 Å². The van der Waals surface area contributed by atoms with Gasteiger partial charge >= 0.3 is 12.1 Å². The lowest BCUT2D eigenvalue weighted by Crippen LogP contribution is -2.44. The minimum atomic E-state index is -0.667. The first kappa shape index (κ1) is 19.7. The van der Waals surface area contributed by atoms with Crippen molar-refractivity contribution in [3.8, 4) is 0 Å². The second-order valence-electron chi connectivity index (χ2n) is 6.28. The number of unbranched alkanes of at least 4 members (excludes halogenated alkanes) is 1. The number of carbonyl (C=O) groups excluding carboxylic acids is 2. The largest absolute Gasteiger partial charge is 0.461 e. The van der Waals surface area contributed by atoms with Crippen molar-refractivity contribution in [2.24, 2.45) is 0 Å². The number of esters is 1. The molecule has 0 fully saturated rings. The van der Waals surface area contributed by atoms with Crippen molar-refractivity contribution >= 4 is 12.1 Å². The van der Waals surface area contributed by atoms with Gasteiger partial charge in [0.25, 0.3) is 0 Å². The van der Waals surface area contributed by atoms with Gasteiger partial charge in [-0.1, -0.05) is 0 Å². The molecule has 2 N–H and O–H groups in total. The Morgan fingerprint density at radius 1 is 1.14 bits per heavy atom. The Morgan fingerprint density at radius 2 is 1.76 bits per heavy atom. The first-order valence-corrected chi connectivity index (χ1v) is 7.50. The normalized spacial score (nSPS) is 12.9. The zero-order valence-electron chi connectivity index (χ0n) is 14.1. The molecule has 0 radical (unpaired) electrons. The molecule has 0 spiro atoms. The number of hydrogen-bond donors (Lipinski definition) is 2. The Kier molecular flexibility index (Phi) is 9.01. The predicted octanol–water partition coefficient (Wildman–Crippen LogP) is 2.22. The van der Waals surface area contributed by atoms with Crippen molar-refractivity contribution in [2.45, 2.75) is 71.6 Å². The summed E-state index contributed by atoms with van der Waals surface area (Å²) in [5.74, 6) is -0.416. The summed E-state index contributed by atoms with van der Waals surface area (Å²) in [4.78, 5) is 23.8. The molecule has 21 heavy (non-hydrogen) atoms. The molecule has 0 bridgehead atoms. The maximum Gasteiger partial charge on any atom is 0.408 e. The molecular weight excluding hydrogens is 272 g/mol. The van der Waals surface area contributed by atoms with Gasteiger partial charge in [0.2, 0.25) is 0 Å². The molecule has 0 aliphatic rings. The van der Waals surface area contributed by atoms with Crippen molar-refractivity contribution in [3.05, 3.63) is 0 Å². The van der Waals surface area contributed by atoms with Crippen LogP contribution in [0.3, 0.4) is 0 Å². The van der Waals surface area contributed by atoms with Crippen molar-refractivity contribution < 1.29 is 19.1 Å². The highest BCUT2D eigenvalue weighted by atomic mass is 16.6. The van der Waals surface area contributed by atoms with E-state index in [2.05, 4.69) is 10.6 Å². The zero-order chi connectivity index (χ0) is 16.5. The van der Waals surface area contributed by atoms with Gasteiger partial charge in [-0.2, -0.15) is 0 Å². The van der Waals surface area contributed by atoms with Crippen molar-refractivity contribution in [2.75, 3.05) is 13.6 Å². The SMILES string of the molecule is CNCCCCC(NC(=O)OC(C)(C)C)C(=O)OC(C)C. The van der Waals surface area contributed by atoms with E-state index in [-0.39, 0.29) is 6.10 Å². The summed E-state index contributed by atoms with van der Waals surface area (Å²) in [7, 11) is 1.88. The molecular formula is C15H30N2O4. The fourth-order valence-electron chi connectivity index (χ4n) is 1.66. The fraction of sp³-hybridized carbons (Fsp3) is 0.867. The van der Waals surface area contributed by atoms with Crippen LogP contribution >= 0.6 is 0 Å². The van der Waals surface area contributed by atoms with E-state index < -0.39 is 23.7 Å². The van der Waals surface area contributed by atoms with E-state index in [4.69, 9.17) is 9.47 Å². The van der Waals surface area contributed by atoms with Crippen LogP contribution in [-0.4, -0.2) is 43.4 Å². The van der Waals surface area contributed by atoms with Crippen LogP contribution in [0.5, 0.6) is 0 Å². The molecule has 0 heterocycles. The van der Waals surface area contributed by atoms with E-state index in [1.807, 2.05) is 7.05 Å². The molecule has 0 rings (SSSR count). The molecule has 6 heteroatoms. The van der Waals surface area contributed by atoms with E-state index in [1.165, 1.54) is 0 Å². The zero-order valence-corrected chi connectivity index (χ0v) is 14.1. The molecule has 1 atom stereocenters. The minimum absolute atomic E-state index is 0.210. The Balaban J connectivity index is 4.49. The summed E-state index contributed by atoms with van der Waals surface area (Å²) in [6.07, 6.45) is 1.47. The van der Waals surface area contributed by atoms with Gasteiger partial charge in [0.05, 0.1) is 6.10 Å². The van der Waals surface area contributed by atoms with Crippen molar-refractivity contribution in [1.29, 1.82) is 0 Å². The van der Waals surface area contributed by atoms with Crippen molar-refractivity contribution in [1.82, 2.24) is 10.6 Å². The highest BCUT2D eigenvalue weighted by Crippen LogP contribution is 2.09. The number of alkyl carbamates (subject to hydrolysis) is 1. The van der Waals surface area contributed by atoms with Crippen LogP contribution in [0.4, 0.5) is 4.79 Å². The van der Waals surface area contributed by atoms with E-state index in [0.29, 0.717) is 6.42 Å². The lowest BCUT2D eigenvalue weighted by Gasteiger charge is -2.23. The Labute approximate surface area is 127 Å². The lowest BCUT2D eigenvalue weighted by molar-refractivity contribution is -0.150. The molecule has 1 amide bonds. The summed E-state index contributed by atoms with van der Waals surface area (Å²) >= 11 is 0. The third-order valence-corrected chi connectivity index (χ3v) is 2.50. The summed E-state index contributed by atoms with van der Waals surface area (Å²) in [6, 6.07) is -0.667. The second-order valence-corrected chi connectivity index (χ2v) is 6.28. The Hall–Kier alpha value is -1.30. The highest BCUT2D eigenvalue weighted by molar-refractivity contribution is 5.81. The third-order valence-electron chi connectivity index (χ3n) is 2.50. The topological polar surface area (TPSA) is 76.7 Å². The minimum Gasteiger partial charge on any atom is -0.461 e. The van der Waals surface area contributed by atoms with Gasteiger partial charge in [-0.05, 0) is 67.5 Å². The number of hydrogen-bond acceptors (Lipinski definition) is 5. The van der Waals surface area contributed by atoms with Crippen LogP contribution in [0.25, 0.3) is 0 Å². The van der Waals surface area contributed by atoms with Crippen LogP contribution in [0.1, 0.15) is 53.9 Å². The highest BCUT2D eigenvalue weighted by Gasteiger charge is 2.25. The molecule has 124 valence electrons. The third kappa shape index (κ3) is 11.1. The van der Waals surface area contributed by atoms with E-state index >= 15 is 0 Å². The van der Waals surface area contributed by atoms with Gasteiger partial charge in [-0.25, -0.2) is 9.59 Å². The lowest BCUT2D eigenvalue weighted by atomic mass is 10.1. The van der Waals surface area contributed by atoms with Gasteiger partial charge in [0.1, 0.15) is 11.6 Å². The maximum absolute atomic E-state index is 12.0. The number of nitrogens with one attached hydrogen (secondary N) is 2. The van der Waals surface area contributed by atoms with E-state index in [1.54, 1.807) is 34.6 Å². The smallest absolute Gasteiger partial charge is 0.408 e. The predicted molar refractivity (Wildman–Crippen MR) is 82.2 cm³/mol. The van der Waals surface area contributed by atoms with Crippen LogP contribution in [0, 0.1) is 0 Å². The number of amides is 1.